The summed E-state index contributed by atoms with van der Waals surface area (Å²) < 4.78 is 0. The minimum Gasteiger partial charge on any atom is -0.505 e. The Labute approximate surface area is 318 Å². The van der Waals surface area contributed by atoms with Gasteiger partial charge in [0, 0.05) is 21.9 Å². The summed E-state index contributed by atoms with van der Waals surface area (Å²) in [5, 5.41) is 47.8. The van der Waals surface area contributed by atoms with Gasteiger partial charge in [-0.2, -0.15) is 0 Å². The van der Waals surface area contributed by atoms with Crippen LogP contribution in [0.5, 0.6) is 23.0 Å². The van der Waals surface area contributed by atoms with E-state index in [1.165, 1.54) is 26.8 Å². The van der Waals surface area contributed by atoms with Gasteiger partial charge in [-0.25, -0.2) is 0 Å². The molecule has 0 saturated heterocycles. The van der Waals surface area contributed by atoms with Gasteiger partial charge in [0.2, 0.25) is 11.5 Å². The molecular weight excluding hydrogens is 683 g/mol. The van der Waals surface area contributed by atoms with E-state index in [1.807, 2.05) is 24.3 Å². The van der Waals surface area contributed by atoms with Crippen LogP contribution in [0.15, 0.2) is 162 Å². The highest BCUT2D eigenvalue weighted by atomic mass is 32.2. The van der Waals surface area contributed by atoms with Crippen LogP contribution in [0.3, 0.4) is 0 Å². The number of phenols is 4. The maximum Gasteiger partial charge on any atom is 0.204 e. The molecule has 0 radical (unpaired) electrons. The zero-order valence-electron chi connectivity index (χ0n) is 29.7. The van der Waals surface area contributed by atoms with E-state index in [0.717, 1.165) is 49.7 Å². The van der Waals surface area contributed by atoms with Crippen molar-refractivity contribution in [3.8, 4) is 45.3 Å². The highest BCUT2D eigenvalue weighted by Gasteiger charge is 2.30. The van der Waals surface area contributed by atoms with Gasteiger partial charge in [-0.05, 0) is 95.5 Å². The molecule has 54 heavy (non-hydrogen) atoms. The zero-order chi connectivity index (χ0) is 37.1. The summed E-state index contributed by atoms with van der Waals surface area (Å²) in [6.45, 7) is 0. The number of fused-ring (bicyclic) bond motifs is 4. The maximum atomic E-state index is 11.3. The normalized spacial score (nSPS) is 14.9. The molecule has 260 valence electrons. The van der Waals surface area contributed by atoms with Gasteiger partial charge in [-0.15, -0.1) is 11.8 Å². The van der Waals surface area contributed by atoms with Crippen LogP contribution in [0.2, 0.25) is 0 Å². The SMILES string of the molecule is Bc1c(O)c(O)c(O)c(O)c1C1=CC2C=CC=CC2=C(c2cccc3ccc(-c4ccccc4-c4c(SC)ccc5ccccc45)cc23)c2ccccc21. The lowest BCUT2D eigenvalue weighted by Crippen LogP contribution is -2.13. The first-order valence-electron chi connectivity index (χ1n) is 17.9. The van der Waals surface area contributed by atoms with Crippen LogP contribution < -0.4 is 5.46 Å². The topological polar surface area (TPSA) is 80.9 Å². The third-order valence-electron chi connectivity index (χ3n) is 10.9. The molecule has 0 spiro atoms. The van der Waals surface area contributed by atoms with Crippen LogP contribution in [0.4, 0.5) is 0 Å². The second kappa shape index (κ2) is 13.2. The van der Waals surface area contributed by atoms with Gasteiger partial charge in [0.05, 0.1) is 0 Å². The Morgan fingerprint density at radius 3 is 2.02 bits per heavy atom. The molecule has 7 aromatic carbocycles. The fraction of sp³-hybridized carbons (Fsp3) is 0.0417. The summed E-state index contributed by atoms with van der Waals surface area (Å²) in [5.74, 6) is -2.63. The Hall–Kier alpha value is -6.37. The summed E-state index contributed by atoms with van der Waals surface area (Å²) in [7, 11) is 1.63. The van der Waals surface area contributed by atoms with Crippen LogP contribution in [-0.2, 0) is 0 Å². The molecule has 6 heteroatoms. The Bertz CT molecular complexity index is 2800. The summed E-state index contributed by atoms with van der Waals surface area (Å²) in [4.78, 5) is 1.23. The number of allylic oxidation sites excluding steroid dienone is 6. The molecule has 0 aliphatic heterocycles. The van der Waals surface area contributed by atoms with Crippen molar-refractivity contribution in [3.05, 3.63) is 180 Å². The number of benzene rings is 7. The number of rotatable bonds is 5. The number of hydrogen-bond donors (Lipinski definition) is 4. The van der Waals surface area contributed by atoms with E-state index in [2.05, 4.69) is 134 Å². The first-order chi connectivity index (χ1) is 26.4. The van der Waals surface area contributed by atoms with E-state index in [4.69, 9.17) is 0 Å². The minimum absolute atomic E-state index is 0.195. The lowest BCUT2D eigenvalue weighted by molar-refractivity contribution is 0.347. The molecule has 0 heterocycles. The van der Waals surface area contributed by atoms with Crippen molar-refractivity contribution < 1.29 is 20.4 Å². The molecule has 4 nitrogen and oxygen atoms in total. The molecule has 2 aliphatic rings. The quantitative estimate of drug-likeness (QED) is 0.0617. The third kappa shape index (κ3) is 5.25. The van der Waals surface area contributed by atoms with Gasteiger partial charge in [0.15, 0.2) is 11.5 Å². The van der Waals surface area contributed by atoms with Crippen LogP contribution >= 0.6 is 11.8 Å². The van der Waals surface area contributed by atoms with Gasteiger partial charge in [0.1, 0.15) is 7.85 Å². The molecule has 1 atom stereocenters. The Balaban J connectivity index is 1.29. The monoisotopic (exact) mass is 718 g/mol. The van der Waals surface area contributed by atoms with Gasteiger partial charge in [-0.3, -0.25) is 0 Å². The standard InChI is InChI=1S/C48H35BO4S/c1-54-40-24-23-27-11-2-4-15-32(27)42(40)35-18-8-6-14-31(35)30-22-21-28-13-10-20-37(38(28)25-30)41-33-16-5-3-12-29(33)26-39(34-17-7-9-19-36(34)41)43-44(49)46(51)48(53)47(52)45(43)50/h2-26,29,50-53H,49H2,1H3. The van der Waals surface area contributed by atoms with Gasteiger partial charge < -0.3 is 20.4 Å². The fourth-order valence-corrected chi connectivity index (χ4v) is 8.92. The van der Waals surface area contributed by atoms with E-state index < -0.39 is 23.0 Å². The average molecular weight is 719 g/mol. The smallest absolute Gasteiger partial charge is 0.204 e. The Morgan fingerprint density at radius 2 is 1.20 bits per heavy atom. The number of aromatic hydroxyl groups is 4. The highest BCUT2D eigenvalue weighted by molar-refractivity contribution is 7.98. The first-order valence-corrected chi connectivity index (χ1v) is 19.1. The number of hydrogen-bond acceptors (Lipinski definition) is 5. The predicted molar refractivity (Wildman–Crippen MR) is 227 cm³/mol. The highest BCUT2D eigenvalue weighted by Crippen LogP contribution is 2.50. The van der Waals surface area contributed by atoms with E-state index in [0.29, 0.717) is 5.57 Å². The van der Waals surface area contributed by atoms with E-state index in [1.54, 1.807) is 19.6 Å². The van der Waals surface area contributed by atoms with Crippen LogP contribution in [0.25, 0.3) is 54.9 Å². The fourth-order valence-electron chi connectivity index (χ4n) is 8.29. The summed E-state index contributed by atoms with van der Waals surface area (Å²) in [6.07, 6.45) is 12.5. The molecule has 0 saturated carbocycles. The Morgan fingerprint density at radius 1 is 0.556 bits per heavy atom. The molecule has 2 aliphatic carbocycles. The minimum atomic E-state index is -0.752. The van der Waals surface area contributed by atoms with Crippen molar-refractivity contribution in [1.29, 1.82) is 0 Å². The molecule has 0 bridgehead atoms. The van der Waals surface area contributed by atoms with Crippen LogP contribution in [0.1, 0.15) is 22.3 Å². The van der Waals surface area contributed by atoms with Gasteiger partial charge >= 0.3 is 0 Å². The van der Waals surface area contributed by atoms with Crippen molar-refractivity contribution in [2.45, 2.75) is 4.90 Å². The van der Waals surface area contributed by atoms with Gasteiger partial charge in [-0.1, -0.05) is 140 Å². The first kappa shape index (κ1) is 33.5. The molecule has 7 aromatic rings. The summed E-state index contributed by atoms with van der Waals surface area (Å²) >= 11 is 1.76. The van der Waals surface area contributed by atoms with Crippen LogP contribution in [0, 0.1) is 5.92 Å². The molecule has 9 rings (SSSR count). The molecular formula is C48H35BO4S. The average Bonchev–Trinajstić information content (AvgIpc) is 3.36. The molecule has 0 amide bonds. The second-order valence-electron chi connectivity index (χ2n) is 13.8. The summed E-state index contributed by atoms with van der Waals surface area (Å²) in [5.41, 5.74) is 10.9. The molecule has 0 aromatic heterocycles. The van der Waals surface area contributed by atoms with E-state index in [-0.39, 0.29) is 16.9 Å². The molecule has 0 fully saturated rings. The van der Waals surface area contributed by atoms with Crippen molar-refractivity contribution in [2.24, 2.45) is 5.92 Å². The largest absolute Gasteiger partial charge is 0.505 e. The van der Waals surface area contributed by atoms with Crippen molar-refractivity contribution in [1.82, 2.24) is 0 Å². The maximum absolute atomic E-state index is 11.3. The van der Waals surface area contributed by atoms with E-state index in [9.17, 15) is 20.4 Å². The third-order valence-corrected chi connectivity index (χ3v) is 11.6. The van der Waals surface area contributed by atoms with Crippen molar-refractivity contribution in [2.75, 3.05) is 6.26 Å². The van der Waals surface area contributed by atoms with E-state index >= 15 is 0 Å². The lowest BCUT2D eigenvalue weighted by Gasteiger charge is -2.21. The second-order valence-corrected chi connectivity index (χ2v) is 14.6. The summed E-state index contributed by atoms with van der Waals surface area (Å²) in [6, 6.07) is 42.9. The zero-order valence-corrected chi connectivity index (χ0v) is 30.5. The van der Waals surface area contributed by atoms with Crippen LogP contribution in [-0.4, -0.2) is 34.5 Å². The van der Waals surface area contributed by atoms with Crippen molar-refractivity contribution in [3.63, 3.8) is 0 Å². The lowest BCUT2D eigenvalue weighted by atomic mass is 9.80. The molecule has 1 unspecified atom stereocenters. The van der Waals surface area contributed by atoms with Crippen molar-refractivity contribution >= 4 is 57.8 Å². The number of thioether (sulfide) groups is 1. The molecule has 4 N–H and O–H groups in total. The van der Waals surface area contributed by atoms with Gasteiger partial charge in [0.25, 0.3) is 0 Å². The number of phenolic OH excluding ortho intramolecular Hbond substituents is 4. The Kier molecular flexibility index (Phi) is 8.21. The predicted octanol–water partition coefficient (Wildman–Crippen LogP) is 10.1.